The van der Waals surface area contributed by atoms with Crippen molar-refractivity contribution in [2.75, 3.05) is 0 Å². The highest BCUT2D eigenvalue weighted by Crippen LogP contribution is 2.18. The van der Waals surface area contributed by atoms with Crippen molar-refractivity contribution in [2.45, 2.75) is 38.1 Å². The van der Waals surface area contributed by atoms with Crippen molar-refractivity contribution in [3.05, 3.63) is 29.3 Å². The van der Waals surface area contributed by atoms with Crippen molar-refractivity contribution in [1.82, 2.24) is 5.32 Å². The lowest BCUT2D eigenvalue weighted by Crippen LogP contribution is -2.34. The summed E-state index contributed by atoms with van der Waals surface area (Å²) in [7, 11) is -4.23. The molecule has 0 fully saturated rings. The average molecular weight is 320 g/mol. The molecule has 5 nitrogen and oxygen atoms in total. The van der Waals surface area contributed by atoms with E-state index in [1.165, 1.54) is 0 Å². The van der Waals surface area contributed by atoms with Crippen LogP contribution in [0.5, 0.6) is 0 Å². The Labute approximate surface area is 122 Å². The molecule has 0 aliphatic heterocycles. The Bertz CT molecular complexity index is 645. The first-order chi connectivity index (χ1) is 9.52. The van der Waals surface area contributed by atoms with Gasteiger partial charge in [0.2, 0.25) is 10.0 Å². The standard InChI is InChI=1S/C13H18F2N2O3S/c1-7(2)4-8(3)17-13(18)10-5-9(21(16,19)20)6-11(14)12(10)15/h5-8H,4H2,1-3H3,(H,17,18)(H2,16,19,20). The highest BCUT2D eigenvalue weighted by Gasteiger charge is 2.22. The Hall–Kier alpha value is -1.54. The van der Waals surface area contributed by atoms with Gasteiger partial charge in [0.25, 0.3) is 5.91 Å². The molecule has 1 amide bonds. The first-order valence-corrected chi connectivity index (χ1v) is 7.89. The molecule has 1 unspecified atom stereocenters. The molecule has 1 aromatic carbocycles. The number of sulfonamides is 1. The van der Waals surface area contributed by atoms with Gasteiger partial charge in [0.05, 0.1) is 10.5 Å². The number of carbonyl (C=O) groups is 1. The van der Waals surface area contributed by atoms with Gasteiger partial charge in [-0.25, -0.2) is 22.3 Å². The van der Waals surface area contributed by atoms with E-state index in [0.29, 0.717) is 18.4 Å². The Balaban J connectivity index is 3.12. The minimum atomic E-state index is -4.23. The van der Waals surface area contributed by atoms with Crippen LogP contribution >= 0.6 is 0 Å². The first-order valence-electron chi connectivity index (χ1n) is 6.35. The van der Waals surface area contributed by atoms with Crippen LogP contribution in [-0.4, -0.2) is 20.4 Å². The number of amides is 1. The summed E-state index contributed by atoms with van der Waals surface area (Å²) in [5.74, 6) is -3.43. The molecule has 118 valence electrons. The lowest BCUT2D eigenvalue weighted by molar-refractivity contribution is 0.0930. The molecule has 0 saturated heterocycles. The van der Waals surface area contributed by atoms with E-state index < -0.39 is 38.0 Å². The van der Waals surface area contributed by atoms with Crippen LogP contribution in [-0.2, 0) is 10.0 Å². The molecule has 21 heavy (non-hydrogen) atoms. The van der Waals surface area contributed by atoms with Gasteiger partial charge in [0.1, 0.15) is 0 Å². The molecule has 1 rings (SSSR count). The molecule has 0 aromatic heterocycles. The maximum absolute atomic E-state index is 13.7. The van der Waals surface area contributed by atoms with Crippen molar-refractivity contribution in [3.8, 4) is 0 Å². The highest BCUT2D eigenvalue weighted by atomic mass is 32.2. The van der Waals surface area contributed by atoms with Crippen LogP contribution in [0.1, 0.15) is 37.6 Å². The molecular weight excluding hydrogens is 302 g/mol. The number of halogens is 2. The Kier molecular flexibility index (Phi) is 5.41. The zero-order chi connectivity index (χ0) is 16.4. The minimum Gasteiger partial charge on any atom is -0.349 e. The van der Waals surface area contributed by atoms with Crippen LogP contribution in [0, 0.1) is 17.6 Å². The van der Waals surface area contributed by atoms with E-state index in [4.69, 9.17) is 5.14 Å². The van der Waals surface area contributed by atoms with Gasteiger partial charge in [0, 0.05) is 6.04 Å². The van der Waals surface area contributed by atoms with Gasteiger partial charge in [0.15, 0.2) is 11.6 Å². The molecule has 8 heteroatoms. The van der Waals surface area contributed by atoms with Crippen LogP contribution in [0.25, 0.3) is 0 Å². The van der Waals surface area contributed by atoms with E-state index in [1.807, 2.05) is 13.8 Å². The molecule has 1 aromatic rings. The maximum atomic E-state index is 13.7. The number of benzene rings is 1. The number of hydrogen-bond donors (Lipinski definition) is 2. The smallest absolute Gasteiger partial charge is 0.254 e. The summed E-state index contributed by atoms with van der Waals surface area (Å²) >= 11 is 0. The number of hydrogen-bond acceptors (Lipinski definition) is 3. The van der Waals surface area contributed by atoms with Crippen LogP contribution in [0.3, 0.4) is 0 Å². The van der Waals surface area contributed by atoms with Crippen LogP contribution in [0.4, 0.5) is 8.78 Å². The monoisotopic (exact) mass is 320 g/mol. The predicted octanol–water partition coefficient (Wildman–Crippen LogP) is 1.78. The molecule has 3 N–H and O–H groups in total. The lowest BCUT2D eigenvalue weighted by atomic mass is 10.0. The summed E-state index contributed by atoms with van der Waals surface area (Å²) < 4.78 is 49.5. The largest absolute Gasteiger partial charge is 0.349 e. The third-order valence-corrected chi connectivity index (χ3v) is 3.67. The topological polar surface area (TPSA) is 89.3 Å². The van der Waals surface area contributed by atoms with Crippen molar-refractivity contribution < 1.29 is 22.0 Å². The van der Waals surface area contributed by atoms with Crippen molar-refractivity contribution in [1.29, 1.82) is 0 Å². The van der Waals surface area contributed by atoms with E-state index >= 15 is 0 Å². The third-order valence-electron chi connectivity index (χ3n) is 2.78. The number of nitrogens with one attached hydrogen (secondary N) is 1. The molecule has 0 heterocycles. The molecule has 0 saturated carbocycles. The summed E-state index contributed by atoms with van der Waals surface area (Å²) in [6.45, 7) is 5.62. The van der Waals surface area contributed by atoms with Crippen molar-refractivity contribution in [2.24, 2.45) is 11.1 Å². The van der Waals surface area contributed by atoms with Crippen LogP contribution in [0.15, 0.2) is 17.0 Å². The number of primary sulfonamides is 1. The molecule has 0 aliphatic carbocycles. The lowest BCUT2D eigenvalue weighted by Gasteiger charge is -2.16. The third kappa shape index (κ3) is 4.75. The van der Waals surface area contributed by atoms with Crippen LogP contribution < -0.4 is 10.5 Å². The maximum Gasteiger partial charge on any atom is 0.254 e. The second-order valence-electron chi connectivity index (χ2n) is 5.32. The van der Waals surface area contributed by atoms with E-state index in [2.05, 4.69) is 5.32 Å². The average Bonchev–Trinajstić information content (AvgIpc) is 2.29. The summed E-state index contributed by atoms with van der Waals surface area (Å²) in [4.78, 5) is 11.3. The summed E-state index contributed by atoms with van der Waals surface area (Å²) in [5.41, 5.74) is -0.686. The van der Waals surface area contributed by atoms with E-state index in [-0.39, 0.29) is 6.04 Å². The van der Waals surface area contributed by atoms with E-state index in [0.717, 1.165) is 6.07 Å². The van der Waals surface area contributed by atoms with E-state index in [1.54, 1.807) is 6.92 Å². The fourth-order valence-corrected chi connectivity index (χ4v) is 2.51. The van der Waals surface area contributed by atoms with E-state index in [9.17, 15) is 22.0 Å². The second-order valence-corrected chi connectivity index (χ2v) is 6.88. The van der Waals surface area contributed by atoms with Gasteiger partial charge in [-0.05, 0) is 31.4 Å². The fourth-order valence-electron chi connectivity index (χ4n) is 1.96. The first kappa shape index (κ1) is 17.5. The highest BCUT2D eigenvalue weighted by molar-refractivity contribution is 7.89. The quantitative estimate of drug-likeness (QED) is 0.866. The Morgan fingerprint density at radius 2 is 1.86 bits per heavy atom. The van der Waals surface area contributed by atoms with Crippen molar-refractivity contribution in [3.63, 3.8) is 0 Å². The second kappa shape index (κ2) is 6.48. The Morgan fingerprint density at radius 1 is 1.29 bits per heavy atom. The zero-order valence-corrected chi connectivity index (χ0v) is 12.8. The van der Waals surface area contributed by atoms with Gasteiger partial charge in [-0.3, -0.25) is 4.79 Å². The van der Waals surface area contributed by atoms with Gasteiger partial charge in [-0.15, -0.1) is 0 Å². The molecule has 0 bridgehead atoms. The molecule has 1 atom stereocenters. The predicted molar refractivity (Wildman–Crippen MR) is 74.1 cm³/mol. The number of rotatable bonds is 5. The van der Waals surface area contributed by atoms with Crippen molar-refractivity contribution >= 4 is 15.9 Å². The SMILES string of the molecule is CC(C)CC(C)NC(=O)c1cc(S(N)(=O)=O)cc(F)c1F. The summed E-state index contributed by atoms with van der Waals surface area (Å²) in [6, 6.07) is 0.905. The van der Waals surface area contributed by atoms with Gasteiger partial charge in [-0.1, -0.05) is 13.8 Å². The number of nitrogens with two attached hydrogens (primary N) is 1. The molecule has 0 spiro atoms. The molecule has 0 aliphatic rings. The molecule has 0 radical (unpaired) electrons. The summed E-state index contributed by atoms with van der Waals surface area (Å²) in [6.07, 6.45) is 0.644. The van der Waals surface area contributed by atoms with Crippen LogP contribution in [0.2, 0.25) is 0 Å². The minimum absolute atomic E-state index is 0.266. The normalized spacial score (nSPS) is 13.3. The summed E-state index contributed by atoms with van der Waals surface area (Å²) in [5, 5.41) is 7.36. The van der Waals surface area contributed by atoms with Gasteiger partial charge >= 0.3 is 0 Å². The number of carbonyl (C=O) groups excluding carboxylic acids is 1. The zero-order valence-electron chi connectivity index (χ0n) is 12.0. The Morgan fingerprint density at radius 3 is 2.33 bits per heavy atom. The molecular formula is C13H18F2N2O3S. The van der Waals surface area contributed by atoms with Gasteiger partial charge < -0.3 is 5.32 Å². The fraction of sp³-hybridized carbons (Fsp3) is 0.462. The van der Waals surface area contributed by atoms with Gasteiger partial charge in [-0.2, -0.15) is 0 Å².